The van der Waals surface area contributed by atoms with Gasteiger partial charge in [0.1, 0.15) is 11.5 Å². The van der Waals surface area contributed by atoms with Crippen LogP contribution in [-0.2, 0) is 6.54 Å². The summed E-state index contributed by atoms with van der Waals surface area (Å²) < 4.78 is 11.1. The molecular weight excluding hydrogens is 404 g/mol. The van der Waals surface area contributed by atoms with Gasteiger partial charge in [-0.2, -0.15) is 0 Å². The van der Waals surface area contributed by atoms with Crippen LogP contribution in [0.5, 0.6) is 0 Å². The maximum Gasteiger partial charge on any atom is 0.287 e. The van der Waals surface area contributed by atoms with Crippen LogP contribution < -0.4 is 10.6 Å². The zero-order chi connectivity index (χ0) is 22.5. The normalized spacial score (nSPS) is 15.3. The van der Waals surface area contributed by atoms with Crippen molar-refractivity contribution in [2.45, 2.75) is 58.5 Å². The van der Waals surface area contributed by atoms with Crippen molar-refractivity contribution in [2.24, 2.45) is 5.92 Å². The van der Waals surface area contributed by atoms with E-state index in [2.05, 4.69) is 17.6 Å². The Morgan fingerprint density at radius 1 is 1.06 bits per heavy atom. The fourth-order valence-corrected chi connectivity index (χ4v) is 4.38. The fourth-order valence-electron chi connectivity index (χ4n) is 4.38. The average molecular weight is 435 g/mol. The molecule has 1 fully saturated rings. The lowest BCUT2D eigenvalue weighted by Crippen LogP contribution is -2.38. The highest BCUT2D eigenvalue weighted by Gasteiger charge is 2.23. The monoisotopic (exact) mass is 434 g/mol. The van der Waals surface area contributed by atoms with Gasteiger partial charge in [-0.15, -0.1) is 0 Å². The molecule has 3 aromatic rings. The molecule has 0 radical (unpaired) electrons. The molecule has 1 aliphatic rings. The Morgan fingerprint density at radius 3 is 2.62 bits per heavy atom. The Hall–Kier alpha value is -3.28. The minimum absolute atomic E-state index is 0.141. The lowest BCUT2D eigenvalue weighted by atomic mass is 9.84. The van der Waals surface area contributed by atoms with E-state index in [1.54, 1.807) is 19.1 Å². The van der Waals surface area contributed by atoms with E-state index < -0.39 is 0 Å². The van der Waals surface area contributed by atoms with Crippen LogP contribution in [0.4, 0.5) is 0 Å². The number of carbonyl (C=O) groups excluding carboxylic acids is 2. The topological polar surface area (TPSA) is 84.5 Å². The Kier molecular flexibility index (Phi) is 6.78. The molecule has 168 valence electrons. The van der Waals surface area contributed by atoms with Crippen LogP contribution in [0.3, 0.4) is 0 Å². The highest BCUT2D eigenvalue weighted by molar-refractivity contribution is 5.95. The lowest BCUT2D eigenvalue weighted by molar-refractivity contribution is 0.0891. The summed E-state index contributed by atoms with van der Waals surface area (Å²) in [6, 6.07) is 13.1. The Bertz CT molecular complexity index is 1070. The van der Waals surface area contributed by atoms with Gasteiger partial charge in [0, 0.05) is 18.2 Å². The molecule has 6 nitrogen and oxygen atoms in total. The van der Waals surface area contributed by atoms with Crippen molar-refractivity contribution in [1.29, 1.82) is 0 Å². The second kappa shape index (κ2) is 9.90. The summed E-state index contributed by atoms with van der Waals surface area (Å²) in [6.07, 6.45) is 7.64. The molecule has 2 N–H and O–H groups in total. The first-order chi connectivity index (χ1) is 15.5. The number of amides is 2. The molecule has 0 saturated heterocycles. The molecule has 32 heavy (non-hydrogen) atoms. The largest absolute Gasteiger partial charge is 0.469 e. The number of furan rings is 2. The van der Waals surface area contributed by atoms with Gasteiger partial charge >= 0.3 is 0 Å². The Morgan fingerprint density at radius 2 is 1.88 bits per heavy atom. The van der Waals surface area contributed by atoms with E-state index in [0.29, 0.717) is 35.3 Å². The van der Waals surface area contributed by atoms with Crippen LogP contribution in [0.2, 0.25) is 0 Å². The van der Waals surface area contributed by atoms with Crippen LogP contribution in [0.1, 0.15) is 71.3 Å². The fraction of sp³-hybridized carbons (Fsp3) is 0.385. The zero-order valence-electron chi connectivity index (χ0n) is 18.6. The quantitative estimate of drug-likeness (QED) is 0.516. The zero-order valence-corrected chi connectivity index (χ0v) is 18.6. The van der Waals surface area contributed by atoms with Crippen molar-refractivity contribution in [3.63, 3.8) is 0 Å². The third-order valence-corrected chi connectivity index (χ3v) is 6.31. The molecular formula is C26H30N2O4. The predicted octanol–water partition coefficient (Wildman–Crippen LogP) is 5.48. The summed E-state index contributed by atoms with van der Waals surface area (Å²) in [5.74, 6) is 1.73. The smallest absolute Gasteiger partial charge is 0.287 e. The van der Waals surface area contributed by atoms with Crippen LogP contribution in [0.25, 0.3) is 11.3 Å². The first-order valence-corrected chi connectivity index (χ1v) is 11.3. The molecule has 1 aliphatic carbocycles. The van der Waals surface area contributed by atoms with Gasteiger partial charge in [0.05, 0.1) is 11.8 Å². The first kappa shape index (κ1) is 21.9. The molecule has 2 aromatic heterocycles. The Labute approximate surface area is 188 Å². The number of benzene rings is 1. The van der Waals surface area contributed by atoms with E-state index in [9.17, 15) is 9.59 Å². The first-order valence-electron chi connectivity index (χ1n) is 11.3. The van der Waals surface area contributed by atoms with E-state index >= 15 is 0 Å². The summed E-state index contributed by atoms with van der Waals surface area (Å²) in [5, 5.41) is 6.01. The predicted molar refractivity (Wildman–Crippen MR) is 122 cm³/mol. The minimum atomic E-state index is -0.175. The number of rotatable bonds is 7. The number of carbonyl (C=O) groups is 2. The van der Waals surface area contributed by atoms with Crippen LogP contribution in [0, 0.1) is 12.8 Å². The van der Waals surface area contributed by atoms with Gasteiger partial charge in [0.15, 0.2) is 5.76 Å². The molecule has 1 atom stereocenters. The summed E-state index contributed by atoms with van der Waals surface area (Å²) in [5.41, 5.74) is 2.33. The molecule has 0 spiro atoms. The van der Waals surface area contributed by atoms with Crippen molar-refractivity contribution >= 4 is 11.8 Å². The van der Waals surface area contributed by atoms with Gasteiger partial charge in [-0.1, -0.05) is 37.5 Å². The number of hydrogen-bond acceptors (Lipinski definition) is 4. The van der Waals surface area contributed by atoms with Crippen molar-refractivity contribution < 1.29 is 18.4 Å². The average Bonchev–Trinajstić information content (AvgIpc) is 3.48. The number of hydrogen-bond donors (Lipinski definition) is 2. The molecule has 0 unspecified atom stereocenters. The molecule has 0 aliphatic heterocycles. The summed E-state index contributed by atoms with van der Waals surface area (Å²) in [4.78, 5) is 25.0. The number of nitrogens with one attached hydrogen (secondary N) is 2. The molecule has 1 aromatic carbocycles. The highest BCUT2D eigenvalue weighted by Crippen LogP contribution is 2.27. The molecule has 0 bridgehead atoms. The van der Waals surface area contributed by atoms with Gasteiger partial charge < -0.3 is 19.5 Å². The number of aryl methyl sites for hydroxylation is 1. The van der Waals surface area contributed by atoms with Gasteiger partial charge in [-0.25, -0.2) is 0 Å². The SMILES string of the molecule is Cc1occc1C(=O)NCc1cccc(-c2ccc(C(=O)N[C@H](C)C3CCCCC3)o2)c1. The van der Waals surface area contributed by atoms with Crippen LogP contribution >= 0.6 is 0 Å². The lowest BCUT2D eigenvalue weighted by Gasteiger charge is -2.27. The van der Waals surface area contributed by atoms with Gasteiger partial charge in [-0.3, -0.25) is 9.59 Å². The van der Waals surface area contributed by atoms with E-state index in [1.807, 2.05) is 30.3 Å². The molecule has 2 heterocycles. The van der Waals surface area contributed by atoms with Crippen molar-refractivity contribution in [2.75, 3.05) is 0 Å². The maximum absolute atomic E-state index is 12.7. The van der Waals surface area contributed by atoms with Gasteiger partial charge in [0.25, 0.3) is 11.8 Å². The van der Waals surface area contributed by atoms with Gasteiger partial charge in [0.2, 0.25) is 0 Å². The minimum Gasteiger partial charge on any atom is -0.469 e. The molecule has 1 saturated carbocycles. The van der Waals surface area contributed by atoms with Crippen molar-refractivity contribution in [3.05, 3.63) is 71.4 Å². The van der Waals surface area contributed by atoms with E-state index in [0.717, 1.165) is 11.1 Å². The van der Waals surface area contributed by atoms with E-state index in [-0.39, 0.29) is 17.9 Å². The molecule has 4 rings (SSSR count). The second-order valence-electron chi connectivity index (χ2n) is 8.60. The van der Waals surface area contributed by atoms with Crippen LogP contribution in [-0.4, -0.2) is 17.9 Å². The summed E-state index contributed by atoms with van der Waals surface area (Å²) in [7, 11) is 0. The van der Waals surface area contributed by atoms with E-state index in [1.165, 1.54) is 38.4 Å². The second-order valence-corrected chi connectivity index (χ2v) is 8.60. The summed E-state index contributed by atoms with van der Waals surface area (Å²) >= 11 is 0. The third kappa shape index (κ3) is 5.13. The van der Waals surface area contributed by atoms with E-state index in [4.69, 9.17) is 8.83 Å². The highest BCUT2D eigenvalue weighted by atomic mass is 16.4. The maximum atomic E-state index is 12.7. The molecule has 2 amide bonds. The standard InChI is InChI=1S/C26H30N2O4/c1-17(20-8-4-3-5-9-20)28-26(30)24-12-11-23(32-24)21-10-6-7-19(15-21)16-27-25(29)22-13-14-31-18(22)2/h6-7,10-15,17,20H,3-5,8-9,16H2,1-2H3,(H,27,29)(H,28,30)/t17-/m1/s1. The van der Waals surface area contributed by atoms with Gasteiger partial charge in [-0.05, 0) is 62.4 Å². The third-order valence-electron chi connectivity index (χ3n) is 6.31. The van der Waals surface area contributed by atoms with Crippen molar-refractivity contribution in [1.82, 2.24) is 10.6 Å². The molecule has 6 heteroatoms. The van der Waals surface area contributed by atoms with Crippen molar-refractivity contribution in [3.8, 4) is 11.3 Å². The van der Waals surface area contributed by atoms with Crippen LogP contribution in [0.15, 0.2) is 57.6 Å². The Balaban J connectivity index is 1.37. The summed E-state index contributed by atoms with van der Waals surface area (Å²) in [6.45, 7) is 4.22.